The van der Waals surface area contributed by atoms with Crippen molar-refractivity contribution < 1.29 is 184 Å². The fourth-order valence-electron chi connectivity index (χ4n) is 43.4. The normalized spacial score (nSPS) is 47.1. The highest BCUT2D eigenvalue weighted by molar-refractivity contribution is 6.43. The number of benzene rings is 7. The Hall–Kier alpha value is -8.40. The molecule has 0 radical (unpaired) electrons. The van der Waals surface area contributed by atoms with Gasteiger partial charge in [-0.15, -0.1) is 0 Å². The summed E-state index contributed by atoms with van der Waals surface area (Å²) < 4.78 is 852. The summed E-state index contributed by atoms with van der Waals surface area (Å²) in [7, 11) is 0. The Morgan fingerprint density at radius 2 is 0.508 bits per heavy atom. The lowest BCUT2D eigenvalue weighted by atomic mass is 9.29. The Morgan fingerprint density at radius 3 is 0.968 bits per heavy atom. The first-order valence-corrected chi connectivity index (χ1v) is 39.4. The summed E-state index contributed by atoms with van der Waals surface area (Å²) in [5.41, 5.74) is -186. The second kappa shape index (κ2) is 14.5. The van der Waals surface area contributed by atoms with Gasteiger partial charge in [0.1, 0.15) is 75.8 Å². The summed E-state index contributed by atoms with van der Waals surface area (Å²) in [6.07, 6.45) is -109. The van der Waals surface area contributed by atoms with Gasteiger partial charge in [-0.05, 0) is 250 Å². The second-order valence-electron chi connectivity index (χ2n) is 41.3. The molecule has 0 N–H and O–H groups in total. The van der Waals surface area contributed by atoms with Gasteiger partial charge < -0.3 is 0 Å². The monoisotopic (exact) mass is 1820 g/mol. The lowest BCUT2D eigenvalue weighted by Gasteiger charge is -2.72. The maximum absolute atomic E-state index is 20.5. The van der Waals surface area contributed by atoms with E-state index in [4.69, 9.17) is 0 Å². The molecule has 7 aromatic carbocycles. The van der Waals surface area contributed by atoms with Gasteiger partial charge >= 0.3 is 86.5 Å². The second-order valence-corrected chi connectivity index (χ2v) is 41.3. The van der Waals surface area contributed by atoms with Crippen molar-refractivity contribution in [2.24, 2.45) is 93.2 Å². The van der Waals surface area contributed by atoms with Crippen LogP contribution >= 0.6 is 0 Å². The summed E-state index contributed by atoms with van der Waals surface area (Å²) in [5.74, 6) is -73.3. The van der Waals surface area contributed by atoms with Crippen LogP contribution in [-0.4, -0.2) is 86.5 Å². The van der Waals surface area contributed by atoms with Crippen molar-refractivity contribution in [2.75, 3.05) is 0 Å². The molecule has 0 aromatic heterocycles. The lowest BCUT2D eigenvalue weighted by molar-refractivity contribution is -0.315. The van der Waals surface area contributed by atoms with Gasteiger partial charge in [0.2, 0.25) is 0 Å². The fourth-order valence-corrected chi connectivity index (χ4v) is 43.4. The van der Waals surface area contributed by atoms with Gasteiger partial charge in [0.25, 0.3) is 0 Å². The van der Waals surface area contributed by atoms with Crippen LogP contribution in [0.4, 0.5) is 184 Å². The van der Waals surface area contributed by atoms with Gasteiger partial charge in [-0.3, -0.25) is 0 Å². The molecule has 0 spiro atoms. The van der Waals surface area contributed by atoms with Crippen molar-refractivity contribution in [3.8, 4) is 11.1 Å². The molecule has 30 aliphatic carbocycles. The van der Waals surface area contributed by atoms with Crippen LogP contribution in [0.2, 0.25) is 0 Å². The van der Waals surface area contributed by atoms with E-state index in [1.54, 1.807) is 0 Å². The highest BCUT2D eigenvalue weighted by Crippen LogP contribution is 3.10. The van der Waals surface area contributed by atoms with Crippen LogP contribution in [0.5, 0.6) is 0 Å². The molecular formula is C84H14F42. The van der Waals surface area contributed by atoms with E-state index < -0.39 is 477 Å². The van der Waals surface area contributed by atoms with E-state index in [2.05, 4.69) is 0 Å². The van der Waals surface area contributed by atoms with Crippen LogP contribution in [0.25, 0.3) is 81.7 Å². The maximum Gasteiger partial charge on any atom is 0.403 e. The predicted octanol–water partition coefficient (Wildman–Crippen LogP) is 23.6. The third-order valence-corrected chi connectivity index (χ3v) is 41.9. The van der Waals surface area contributed by atoms with Gasteiger partial charge in [-0.25, -0.2) is 0 Å². The van der Waals surface area contributed by atoms with Gasteiger partial charge in [0.15, 0.2) is 0 Å². The van der Waals surface area contributed by atoms with Crippen molar-refractivity contribution in [3.63, 3.8) is 0 Å². The standard InChI is InChI=1S/C84H14F42/c85-71(86,87)57-21-11-16-35(57)43-49-47-36(16)67(81(115,116)117)39-17(11)32-31-14(21)10-15-20-8-6-5-4-2-1-3-7-9-13-19(1)58(72(88,89)90)23(2)24(6)59(20,73(91,92)93)51-41(33(15)57)63(43,77(103,104)105)42(52(51)58)34(13)62(49,76(100,101)102)29(9)46-45-28(7)61(75(97,98)99)25(3)26(4)60(74(94,95)96)27(5)30-12(8)22(10)64(31,78(106,107)108)53-40-18-37(65(30,53)79(109,110)111)44(60)50(61)48-38(18)70(84(124,125)126,54(39)66(32,40)80(112,113)114)56(69(45,48)83(121,122)123)55(67)68(46,47)82(118,119)120/h35,37,39-40,43-44,47-54H. The minimum Gasteiger partial charge on any atom is -0.170 e. The third-order valence-electron chi connectivity index (χ3n) is 41.9. The first-order chi connectivity index (χ1) is 57.6. The summed E-state index contributed by atoms with van der Waals surface area (Å²) in [4.78, 5) is 0. The van der Waals surface area contributed by atoms with E-state index in [0.29, 0.717) is 0 Å². The van der Waals surface area contributed by atoms with E-state index in [-0.39, 0.29) is 0 Å². The van der Waals surface area contributed by atoms with Crippen LogP contribution in [0, 0.1) is 93.2 Å². The van der Waals surface area contributed by atoms with Crippen molar-refractivity contribution >= 4 is 70.6 Å². The first-order valence-electron chi connectivity index (χ1n) is 39.4. The predicted molar refractivity (Wildman–Crippen MR) is 328 cm³/mol. The molecule has 42 heteroatoms. The molecule has 37 rings (SSSR count). The average molecular weight is 1820 g/mol. The van der Waals surface area contributed by atoms with Gasteiger partial charge in [-0.2, -0.15) is 184 Å². The van der Waals surface area contributed by atoms with E-state index in [9.17, 15) is 0 Å². The largest absolute Gasteiger partial charge is 0.403 e. The molecule has 0 amide bonds. The fraction of sp³-hybridized carbons (Fsp3) is 0.500. The van der Waals surface area contributed by atoms with Crippen molar-refractivity contribution in [2.45, 2.75) is 152 Å². The zero-order valence-electron chi connectivity index (χ0n) is 59.0. The van der Waals surface area contributed by atoms with E-state index in [1.807, 2.05) is 0 Å². The van der Waals surface area contributed by atoms with Gasteiger partial charge in [0, 0.05) is 59.2 Å². The lowest BCUT2D eigenvalue weighted by Crippen LogP contribution is -2.78. The van der Waals surface area contributed by atoms with Crippen molar-refractivity contribution in [3.05, 3.63) is 150 Å². The van der Waals surface area contributed by atoms with Crippen LogP contribution in [0.3, 0.4) is 0 Å². The Bertz CT molecular complexity index is 7960. The number of allylic oxidation sites excluding steroid dienone is 10. The molecule has 7 aromatic rings. The van der Waals surface area contributed by atoms with Crippen LogP contribution < -0.4 is 0 Å². The van der Waals surface area contributed by atoms with Crippen molar-refractivity contribution in [1.82, 2.24) is 0 Å². The Morgan fingerprint density at radius 1 is 0.167 bits per heavy atom. The summed E-state index contributed by atoms with van der Waals surface area (Å²) in [6.45, 7) is 0. The highest BCUT2D eigenvalue weighted by Gasteiger charge is 3.12. The minimum atomic E-state index is -8.18. The zero-order valence-corrected chi connectivity index (χ0v) is 59.0. The summed E-state index contributed by atoms with van der Waals surface area (Å²) >= 11 is 0. The summed E-state index contributed by atoms with van der Waals surface area (Å²) in [5, 5.41) is -24.4. The number of hydrogen-bond acceptors (Lipinski definition) is 0. The molecule has 30 aliphatic rings. The third kappa shape index (κ3) is 3.93. The molecule has 4 fully saturated rings. The molecule has 644 valence electrons. The Kier molecular flexibility index (Phi) is 7.91. The highest BCUT2D eigenvalue weighted by atomic mass is 19.5. The van der Waals surface area contributed by atoms with Crippen LogP contribution in [0.1, 0.15) is 117 Å². The quantitative estimate of drug-likeness (QED) is 0.0807. The molecule has 0 heterocycles. The first kappa shape index (κ1) is 68.7. The Balaban J connectivity index is 1.03. The van der Waals surface area contributed by atoms with E-state index in [1.165, 1.54) is 0 Å². The maximum atomic E-state index is 20.5. The van der Waals surface area contributed by atoms with Crippen LogP contribution in [0.15, 0.2) is 39.0 Å². The number of halogens is 42. The smallest absolute Gasteiger partial charge is 0.170 e. The zero-order chi connectivity index (χ0) is 88.3. The Labute approximate surface area is 659 Å². The molecule has 0 aliphatic heterocycles. The van der Waals surface area contributed by atoms with Crippen molar-refractivity contribution in [1.29, 1.82) is 0 Å². The molecular weight excluding hydrogens is 1810 g/mol. The van der Waals surface area contributed by atoms with E-state index in [0.717, 1.165) is 0 Å². The number of alkyl halides is 42. The summed E-state index contributed by atoms with van der Waals surface area (Å²) in [6, 6.07) is 0. The topological polar surface area (TPSA) is 0 Å². The molecule has 126 heavy (non-hydrogen) atoms. The SMILES string of the molecule is FC(F)(F)C12C3=C4c5c6c7c8c9c5C5(C(F)(F)F)C%10=C%11C%12C%13C%14=C%15c%16c%17c%18c%19c%20c%21c%22c%23c%24c%25c%26c(c-9c%10c9c%26c%23c(c(c%18%22)C%17%13C(F)(F)F)C9%12C(F)(F)F)C8(C(F)(F)F)C8C9C%10=C%12C%13C(C(C%10C%258C(F)(F)F)C%24%21C(F)(F)F)C%20(C(F)(F)F)c8c%10c%17c(c%16c8%19)C%15(C(F)(F)F)C(C(C45)C%11%14C(F)(F)F)C3C%17(C(F)(F)F)C1=C(C%12(C(F)(F)F)C(C62)C79C(F)(F)F)C%10%13C(F)(F)F. The molecule has 28 atom stereocenters. The molecule has 0 nitrogen and oxygen atoms in total. The minimum absolute atomic E-state index is 2.24. The average Bonchev–Trinajstić information content (AvgIpc) is 1.37. The number of rotatable bonds is 0. The molecule has 0 saturated heterocycles. The van der Waals surface area contributed by atoms with E-state index >= 15 is 184 Å². The molecule has 4 saturated carbocycles. The number of hydrogen-bond donors (Lipinski definition) is 0. The molecule has 0 bridgehead atoms. The van der Waals surface area contributed by atoms with Gasteiger partial charge in [0.05, 0.1) is 0 Å². The van der Waals surface area contributed by atoms with Crippen LogP contribution in [-0.2, 0) is 59.6 Å². The molecule has 28 unspecified atom stereocenters. The van der Waals surface area contributed by atoms with Gasteiger partial charge in [-0.1, -0.05) is 5.57 Å².